The first kappa shape index (κ1) is 9.76. The molecule has 0 unspecified atom stereocenters. The Hall–Kier alpha value is -0.240. The monoisotopic (exact) mass is 163 g/mol. The van der Waals surface area contributed by atoms with E-state index in [0.717, 1.165) is 13.0 Å². The molecule has 1 amide bonds. The Kier molecular flexibility index (Phi) is 5.40. The van der Waals surface area contributed by atoms with Crippen LogP contribution in [-0.2, 0) is 4.79 Å². The van der Waals surface area contributed by atoms with Crippen LogP contribution in [0.15, 0.2) is 0 Å². The van der Waals surface area contributed by atoms with Gasteiger partial charge >= 0.3 is 0 Å². The summed E-state index contributed by atoms with van der Waals surface area (Å²) in [5.74, 6) is 0.621. The molecule has 3 heteroatoms. The third kappa shape index (κ3) is 5.89. The second-order valence-corrected chi connectivity index (χ2v) is 2.93. The van der Waals surface area contributed by atoms with Gasteiger partial charge in [-0.05, 0) is 12.3 Å². The van der Waals surface area contributed by atoms with E-state index in [1.807, 2.05) is 0 Å². The molecule has 1 N–H and O–H groups in total. The van der Waals surface area contributed by atoms with Crippen molar-refractivity contribution in [1.29, 1.82) is 0 Å². The molecule has 0 fully saturated rings. The molecule has 0 aromatic rings. The summed E-state index contributed by atoms with van der Waals surface area (Å²) in [6, 6.07) is 0. The number of rotatable bonds is 4. The molecule has 60 valence electrons. The molecule has 0 heterocycles. The molecule has 0 atom stereocenters. The second-order valence-electron chi connectivity index (χ2n) is 2.67. The minimum Gasteiger partial charge on any atom is -0.355 e. The van der Waals surface area contributed by atoms with Gasteiger partial charge in [-0.15, -0.1) is 11.6 Å². The fourth-order valence-corrected chi connectivity index (χ4v) is 0.642. The van der Waals surface area contributed by atoms with E-state index in [0.29, 0.717) is 5.92 Å². The highest BCUT2D eigenvalue weighted by molar-refractivity contribution is 6.27. The molecule has 2 nitrogen and oxygen atoms in total. The van der Waals surface area contributed by atoms with Crippen molar-refractivity contribution in [1.82, 2.24) is 5.32 Å². The lowest BCUT2D eigenvalue weighted by Gasteiger charge is -2.04. The van der Waals surface area contributed by atoms with Crippen LogP contribution < -0.4 is 5.32 Å². The van der Waals surface area contributed by atoms with Crippen molar-refractivity contribution in [3.8, 4) is 0 Å². The molecule has 0 aromatic heterocycles. The molecular weight excluding hydrogens is 150 g/mol. The molecular formula is C7H14ClNO. The maximum atomic E-state index is 10.6. The van der Waals surface area contributed by atoms with Crippen LogP contribution in [0.2, 0.25) is 0 Å². The van der Waals surface area contributed by atoms with E-state index in [1.165, 1.54) is 0 Å². The Morgan fingerprint density at radius 2 is 2.20 bits per heavy atom. The highest BCUT2D eigenvalue weighted by Gasteiger charge is 1.97. The van der Waals surface area contributed by atoms with Crippen LogP contribution in [0.3, 0.4) is 0 Å². The van der Waals surface area contributed by atoms with E-state index in [2.05, 4.69) is 19.2 Å². The standard InChI is InChI=1S/C7H14ClNO/c1-6(2)3-4-9-7(10)5-8/h6H,3-5H2,1-2H3,(H,9,10). The van der Waals surface area contributed by atoms with Crippen molar-refractivity contribution in [2.24, 2.45) is 5.92 Å². The van der Waals surface area contributed by atoms with Crippen molar-refractivity contribution in [3.05, 3.63) is 0 Å². The zero-order chi connectivity index (χ0) is 7.98. The third-order valence-electron chi connectivity index (χ3n) is 1.17. The largest absolute Gasteiger partial charge is 0.355 e. The van der Waals surface area contributed by atoms with E-state index in [1.54, 1.807) is 0 Å². The van der Waals surface area contributed by atoms with Gasteiger partial charge in [0.2, 0.25) is 5.91 Å². The number of hydrogen-bond acceptors (Lipinski definition) is 1. The second kappa shape index (κ2) is 5.54. The first-order valence-corrected chi connectivity index (χ1v) is 4.03. The van der Waals surface area contributed by atoms with Gasteiger partial charge in [0.25, 0.3) is 0 Å². The average molecular weight is 164 g/mol. The molecule has 0 saturated heterocycles. The first-order chi connectivity index (χ1) is 4.66. The molecule has 0 radical (unpaired) electrons. The first-order valence-electron chi connectivity index (χ1n) is 3.49. The van der Waals surface area contributed by atoms with Gasteiger partial charge in [-0.3, -0.25) is 4.79 Å². The number of hydrogen-bond donors (Lipinski definition) is 1. The molecule has 0 aliphatic carbocycles. The van der Waals surface area contributed by atoms with Gasteiger partial charge in [0, 0.05) is 6.54 Å². The third-order valence-corrected chi connectivity index (χ3v) is 1.41. The Labute approximate surface area is 66.9 Å². The van der Waals surface area contributed by atoms with Crippen molar-refractivity contribution in [2.45, 2.75) is 20.3 Å². The van der Waals surface area contributed by atoms with E-state index >= 15 is 0 Å². The van der Waals surface area contributed by atoms with Crippen molar-refractivity contribution < 1.29 is 4.79 Å². The van der Waals surface area contributed by atoms with Crippen LogP contribution in [-0.4, -0.2) is 18.3 Å². The van der Waals surface area contributed by atoms with Crippen molar-refractivity contribution in [2.75, 3.05) is 12.4 Å². The van der Waals surface area contributed by atoms with E-state index < -0.39 is 0 Å². The van der Waals surface area contributed by atoms with Gasteiger partial charge in [0.15, 0.2) is 0 Å². The Morgan fingerprint density at radius 1 is 1.60 bits per heavy atom. The molecule has 0 saturated carbocycles. The van der Waals surface area contributed by atoms with Crippen LogP contribution in [0, 0.1) is 5.92 Å². The normalized spacial score (nSPS) is 10.0. The maximum Gasteiger partial charge on any atom is 0.234 e. The van der Waals surface area contributed by atoms with E-state index in [4.69, 9.17) is 11.6 Å². The lowest BCUT2D eigenvalue weighted by molar-refractivity contribution is -0.118. The summed E-state index contributed by atoms with van der Waals surface area (Å²) < 4.78 is 0. The van der Waals surface area contributed by atoms with Gasteiger partial charge < -0.3 is 5.32 Å². The Balaban J connectivity index is 3.12. The number of halogens is 1. The molecule has 0 aromatic carbocycles. The average Bonchev–Trinajstić information content (AvgIpc) is 1.87. The van der Waals surface area contributed by atoms with Crippen molar-refractivity contribution in [3.63, 3.8) is 0 Å². The minimum atomic E-state index is -0.0812. The smallest absolute Gasteiger partial charge is 0.234 e. The molecule has 0 bridgehead atoms. The predicted octanol–water partition coefficient (Wildman–Crippen LogP) is 1.39. The van der Waals surface area contributed by atoms with Crippen molar-refractivity contribution >= 4 is 17.5 Å². The van der Waals surface area contributed by atoms with Crippen LogP contribution >= 0.6 is 11.6 Å². The lowest BCUT2D eigenvalue weighted by Crippen LogP contribution is -2.26. The van der Waals surface area contributed by atoms with Crippen LogP contribution in [0.25, 0.3) is 0 Å². The van der Waals surface area contributed by atoms with Gasteiger partial charge in [-0.1, -0.05) is 13.8 Å². The summed E-state index contributed by atoms with van der Waals surface area (Å²) >= 11 is 5.26. The van der Waals surface area contributed by atoms with Gasteiger partial charge in [0.05, 0.1) is 0 Å². The maximum absolute atomic E-state index is 10.6. The fraction of sp³-hybridized carbons (Fsp3) is 0.857. The van der Waals surface area contributed by atoms with E-state index in [-0.39, 0.29) is 11.8 Å². The summed E-state index contributed by atoms with van der Waals surface area (Å²) in [4.78, 5) is 10.6. The number of carbonyl (C=O) groups excluding carboxylic acids is 1. The van der Waals surface area contributed by atoms with Crippen LogP contribution in [0.5, 0.6) is 0 Å². The highest BCUT2D eigenvalue weighted by atomic mass is 35.5. The number of alkyl halides is 1. The topological polar surface area (TPSA) is 29.1 Å². The molecule has 0 aliphatic rings. The Bertz CT molecular complexity index is 104. The van der Waals surface area contributed by atoms with Crippen LogP contribution in [0.1, 0.15) is 20.3 Å². The summed E-state index contributed by atoms with van der Waals surface area (Å²) in [6.07, 6.45) is 1.02. The molecule has 10 heavy (non-hydrogen) atoms. The SMILES string of the molecule is CC(C)CCNC(=O)CCl. The number of amides is 1. The number of carbonyl (C=O) groups is 1. The quantitative estimate of drug-likeness (QED) is 0.624. The van der Waals surface area contributed by atoms with Gasteiger partial charge in [-0.2, -0.15) is 0 Å². The molecule has 0 spiro atoms. The summed E-state index contributed by atoms with van der Waals surface area (Å²) in [7, 11) is 0. The van der Waals surface area contributed by atoms with E-state index in [9.17, 15) is 4.79 Å². The lowest BCUT2D eigenvalue weighted by atomic mass is 10.1. The summed E-state index contributed by atoms with van der Waals surface area (Å²) in [5, 5.41) is 2.69. The highest BCUT2D eigenvalue weighted by Crippen LogP contribution is 1.95. The molecule has 0 aliphatic heterocycles. The van der Waals surface area contributed by atoms with Gasteiger partial charge in [0.1, 0.15) is 5.88 Å². The zero-order valence-electron chi connectivity index (χ0n) is 6.48. The fourth-order valence-electron chi connectivity index (χ4n) is 0.548. The van der Waals surface area contributed by atoms with Gasteiger partial charge in [-0.25, -0.2) is 0 Å². The zero-order valence-corrected chi connectivity index (χ0v) is 7.24. The summed E-state index contributed by atoms with van der Waals surface area (Å²) in [6.45, 7) is 4.98. The minimum absolute atomic E-state index is 0.0676. The molecule has 0 rings (SSSR count). The van der Waals surface area contributed by atoms with Crippen LogP contribution in [0.4, 0.5) is 0 Å². The Morgan fingerprint density at radius 3 is 2.60 bits per heavy atom. The summed E-state index contributed by atoms with van der Waals surface area (Å²) in [5.41, 5.74) is 0. The predicted molar refractivity (Wildman–Crippen MR) is 43.2 cm³/mol. The number of nitrogens with one attached hydrogen (secondary N) is 1.